The number of rotatable bonds is 7. The Balaban J connectivity index is 0.00000102. The predicted octanol–water partition coefficient (Wildman–Crippen LogP) is 5.44. The number of fused-ring (bicyclic) bond motifs is 2. The maximum absolute atomic E-state index is 14.6. The van der Waals surface area contributed by atoms with Crippen LogP contribution in [0.5, 0.6) is 5.75 Å². The molecule has 4 aromatic rings. The van der Waals surface area contributed by atoms with Gasteiger partial charge in [0.1, 0.15) is 17.2 Å². The number of anilines is 2. The van der Waals surface area contributed by atoms with Crippen molar-refractivity contribution in [2.45, 2.75) is 66.0 Å². The van der Waals surface area contributed by atoms with Crippen LogP contribution < -0.4 is 15.0 Å². The average Bonchev–Trinajstić information content (AvgIpc) is 3.50. The van der Waals surface area contributed by atoms with E-state index >= 15 is 0 Å². The Morgan fingerprint density at radius 1 is 1.11 bits per heavy atom. The standard InChI is InChI=1S/C25H30F2N6O.C2H6O/c1-4-16-13-29-33-19(16)10-17(32-8-6-5-7-9-32)11-22(33)28-14-21-30-18-12-20(34-15(2)3)23(26)24(27)25(18)31-21;1-2-3/h10-13,15,28H,4-9,14H2,1-3H3,(H,30,31);3H,2H2,1H3. The number of halogens is 2. The van der Waals surface area contributed by atoms with E-state index in [2.05, 4.69) is 44.3 Å². The summed E-state index contributed by atoms with van der Waals surface area (Å²) in [6.07, 6.45) is 6.17. The zero-order chi connectivity index (χ0) is 26.5. The van der Waals surface area contributed by atoms with Gasteiger partial charge in [0.05, 0.1) is 29.9 Å². The number of hydrogen-bond acceptors (Lipinski definition) is 6. The molecule has 1 saturated heterocycles. The lowest BCUT2D eigenvalue weighted by Crippen LogP contribution is -2.29. The highest BCUT2D eigenvalue weighted by molar-refractivity contribution is 5.78. The van der Waals surface area contributed by atoms with E-state index in [9.17, 15) is 8.78 Å². The molecule has 3 aromatic heterocycles. The molecule has 0 bridgehead atoms. The Bertz CT molecular complexity index is 1340. The highest BCUT2D eigenvalue weighted by Gasteiger charge is 2.20. The summed E-state index contributed by atoms with van der Waals surface area (Å²) in [7, 11) is 0. The summed E-state index contributed by atoms with van der Waals surface area (Å²) in [6, 6.07) is 5.76. The number of aryl methyl sites for hydroxylation is 1. The number of aromatic nitrogens is 4. The molecule has 0 spiro atoms. The van der Waals surface area contributed by atoms with Crippen molar-refractivity contribution in [1.29, 1.82) is 0 Å². The Hall–Kier alpha value is -3.40. The first-order chi connectivity index (χ1) is 17.9. The summed E-state index contributed by atoms with van der Waals surface area (Å²) in [5, 5.41) is 15.5. The molecule has 200 valence electrons. The number of H-pyrrole nitrogens is 1. The molecule has 3 N–H and O–H groups in total. The molecular weight excluding hydrogens is 478 g/mol. The van der Waals surface area contributed by atoms with Gasteiger partial charge in [0.15, 0.2) is 11.6 Å². The minimum atomic E-state index is -1.02. The molecular formula is C27H36F2N6O2. The van der Waals surface area contributed by atoms with Crippen molar-refractivity contribution >= 4 is 28.1 Å². The number of aliphatic hydroxyl groups excluding tert-OH is 1. The molecule has 0 unspecified atom stereocenters. The van der Waals surface area contributed by atoms with E-state index in [0.29, 0.717) is 17.9 Å². The van der Waals surface area contributed by atoms with Gasteiger partial charge in [-0.15, -0.1) is 0 Å². The van der Waals surface area contributed by atoms with Crippen LogP contribution in [0.3, 0.4) is 0 Å². The van der Waals surface area contributed by atoms with E-state index in [-0.39, 0.29) is 24.0 Å². The van der Waals surface area contributed by atoms with E-state index in [1.165, 1.54) is 30.9 Å². The Kier molecular flexibility index (Phi) is 8.48. The number of benzene rings is 1. The smallest absolute Gasteiger partial charge is 0.203 e. The number of imidazole rings is 1. The van der Waals surface area contributed by atoms with E-state index in [1.807, 2.05) is 10.7 Å². The summed E-state index contributed by atoms with van der Waals surface area (Å²) in [5.74, 6) is -0.831. The van der Waals surface area contributed by atoms with E-state index in [1.54, 1.807) is 20.8 Å². The van der Waals surface area contributed by atoms with Crippen LogP contribution in [0.4, 0.5) is 20.3 Å². The predicted molar refractivity (Wildman–Crippen MR) is 142 cm³/mol. The first-order valence-corrected chi connectivity index (χ1v) is 13.0. The summed E-state index contributed by atoms with van der Waals surface area (Å²) in [5.41, 5.74) is 3.77. The Morgan fingerprint density at radius 2 is 1.84 bits per heavy atom. The Labute approximate surface area is 215 Å². The van der Waals surface area contributed by atoms with Gasteiger partial charge in [-0.2, -0.15) is 9.49 Å². The molecule has 1 aromatic carbocycles. The zero-order valence-electron chi connectivity index (χ0n) is 21.9. The van der Waals surface area contributed by atoms with Crippen molar-refractivity contribution in [1.82, 2.24) is 19.6 Å². The van der Waals surface area contributed by atoms with Crippen LogP contribution in [0.25, 0.3) is 16.6 Å². The first kappa shape index (κ1) is 26.7. The number of piperidine rings is 1. The van der Waals surface area contributed by atoms with Crippen LogP contribution in [-0.2, 0) is 13.0 Å². The molecule has 0 radical (unpaired) electrons. The molecule has 8 nitrogen and oxygen atoms in total. The zero-order valence-corrected chi connectivity index (χ0v) is 21.9. The summed E-state index contributed by atoms with van der Waals surface area (Å²) in [6.45, 7) is 9.97. The third kappa shape index (κ3) is 5.79. The molecule has 0 saturated carbocycles. The average molecular weight is 515 g/mol. The molecule has 1 aliphatic rings. The number of pyridine rings is 1. The minimum Gasteiger partial charge on any atom is -0.488 e. The topological polar surface area (TPSA) is 90.7 Å². The second-order valence-electron chi connectivity index (χ2n) is 9.39. The second kappa shape index (κ2) is 11.8. The van der Waals surface area contributed by atoms with Crippen molar-refractivity contribution in [3.63, 3.8) is 0 Å². The molecule has 1 fully saturated rings. The lowest BCUT2D eigenvalue weighted by molar-refractivity contribution is 0.228. The maximum atomic E-state index is 14.6. The number of nitrogens with zero attached hydrogens (tertiary/aromatic N) is 4. The number of aromatic amines is 1. The molecule has 37 heavy (non-hydrogen) atoms. The van der Waals surface area contributed by atoms with Crippen LogP contribution >= 0.6 is 0 Å². The van der Waals surface area contributed by atoms with Gasteiger partial charge in [0, 0.05) is 37.5 Å². The fourth-order valence-electron chi connectivity index (χ4n) is 4.57. The SMILES string of the molecule is CCO.CCc1cnn2c(NCc3nc4c(F)c(F)c(OC(C)C)cc4[nH]3)cc(N3CCCCC3)cc12. The van der Waals surface area contributed by atoms with Gasteiger partial charge in [0.25, 0.3) is 0 Å². The fraction of sp³-hybridized carbons (Fsp3) is 0.481. The number of hydrogen-bond donors (Lipinski definition) is 3. The molecule has 5 rings (SSSR count). The van der Waals surface area contributed by atoms with Crippen LogP contribution in [0.2, 0.25) is 0 Å². The van der Waals surface area contributed by atoms with Crippen molar-refractivity contribution in [2.75, 3.05) is 29.9 Å². The lowest BCUT2D eigenvalue weighted by Gasteiger charge is -2.29. The van der Waals surface area contributed by atoms with Crippen molar-refractivity contribution in [3.05, 3.63) is 47.4 Å². The van der Waals surface area contributed by atoms with Gasteiger partial charge >= 0.3 is 0 Å². The van der Waals surface area contributed by atoms with Crippen LogP contribution in [-0.4, -0.2) is 50.5 Å². The lowest BCUT2D eigenvalue weighted by atomic mass is 10.1. The quantitative estimate of drug-likeness (QED) is 0.304. The molecule has 0 amide bonds. The third-order valence-corrected chi connectivity index (χ3v) is 6.26. The summed E-state index contributed by atoms with van der Waals surface area (Å²) < 4.78 is 36.3. The Morgan fingerprint density at radius 3 is 2.51 bits per heavy atom. The normalized spacial score (nSPS) is 13.8. The first-order valence-electron chi connectivity index (χ1n) is 13.0. The van der Waals surface area contributed by atoms with E-state index < -0.39 is 11.6 Å². The van der Waals surface area contributed by atoms with Gasteiger partial charge in [0.2, 0.25) is 5.82 Å². The van der Waals surface area contributed by atoms with Gasteiger partial charge in [-0.3, -0.25) is 0 Å². The minimum absolute atomic E-state index is 0.0371. The highest BCUT2D eigenvalue weighted by Crippen LogP contribution is 2.30. The second-order valence-corrected chi connectivity index (χ2v) is 9.39. The summed E-state index contributed by atoms with van der Waals surface area (Å²) in [4.78, 5) is 9.80. The number of aliphatic hydroxyl groups is 1. The maximum Gasteiger partial charge on any atom is 0.203 e. The number of nitrogens with one attached hydrogen (secondary N) is 2. The molecule has 0 atom stereocenters. The van der Waals surface area contributed by atoms with Crippen LogP contribution in [0.1, 0.15) is 58.3 Å². The third-order valence-electron chi connectivity index (χ3n) is 6.26. The largest absolute Gasteiger partial charge is 0.488 e. The molecule has 1 aliphatic heterocycles. The number of ether oxygens (including phenoxy) is 1. The monoisotopic (exact) mass is 514 g/mol. The van der Waals surface area contributed by atoms with Crippen LogP contribution in [0.15, 0.2) is 24.4 Å². The van der Waals surface area contributed by atoms with Crippen LogP contribution in [0, 0.1) is 11.6 Å². The molecule has 4 heterocycles. The molecule has 0 aliphatic carbocycles. The molecule has 10 heteroatoms. The fourth-order valence-corrected chi connectivity index (χ4v) is 4.57. The van der Waals surface area contributed by atoms with Gasteiger partial charge in [-0.25, -0.2) is 13.9 Å². The van der Waals surface area contributed by atoms with Gasteiger partial charge < -0.3 is 25.0 Å². The van der Waals surface area contributed by atoms with Gasteiger partial charge in [-0.1, -0.05) is 6.92 Å². The van der Waals surface area contributed by atoms with Crippen molar-refractivity contribution in [3.8, 4) is 5.75 Å². The van der Waals surface area contributed by atoms with Crippen molar-refractivity contribution < 1.29 is 18.6 Å². The highest BCUT2D eigenvalue weighted by atomic mass is 19.2. The summed E-state index contributed by atoms with van der Waals surface area (Å²) >= 11 is 0. The van der Waals surface area contributed by atoms with Gasteiger partial charge in [-0.05, 0) is 58.1 Å². The van der Waals surface area contributed by atoms with E-state index in [0.717, 1.165) is 36.5 Å². The van der Waals surface area contributed by atoms with E-state index in [4.69, 9.17) is 9.84 Å². The van der Waals surface area contributed by atoms with Crippen molar-refractivity contribution in [2.24, 2.45) is 0 Å².